The SMILES string of the molecule is COc1ccc(CNC(=O)c2ccccc2-c2ccccc2C(=O)N(CCC(=O)O)CCc2ccccc2)cc1. The van der Waals surface area contributed by atoms with Gasteiger partial charge in [0.1, 0.15) is 5.75 Å². The fraction of sp³-hybridized carbons (Fsp3) is 0.182. The van der Waals surface area contributed by atoms with Gasteiger partial charge in [-0.3, -0.25) is 14.4 Å². The first-order valence-electron chi connectivity index (χ1n) is 13.1. The van der Waals surface area contributed by atoms with E-state index in [0.29, 0.717) is 41.8 Å². The number of carbonyl (C=O) groups excluding carboxylic acids is 2. The molecule has 4 aromatic rings. The predicted molar refractivity (Wildman–Crippen MR) is 154 cm³/mol. The van der Waals surface area contributed by atoms with Crippen LogP contribution >= 0.6 is 0 Å². The van der Waals surface area contributed by atoms with Gasteiger partial charge in [-0.1, -0.05) is 78.9 Å². The Labute approximate surface area is 234 Å². The minimum absolute atomic E-state index is 0.0827. The number of carboxylic acid groups (broad SMARTS) is 1. The highest BCUT2D eigenvalue weighted by atomic mass is 16.5. The largest absolute Gasteiger partial charge is 0.497 e. The van der Waals surface area contributed by atoms with Crippen molar-refractivity contribution in [2.75, 3.05) is 20.2 Å². The second-order valence-electron chi connectivity index (χ2n) is 9.29. The number of carboxylic acids is 1. The zero-order chi connectivity index (χ0) is 28.3. The van der Waals surface area contributed by atoms with Crippen LogP contribution in [0.4, 0.5) is 0 Å². The number of hydrogen-bond acceptors (Lipinski definition) is 4. The standard InChI is InChI=1S/C33H32N2O5/c1-40-26-17-15-25(16-18-26)23-34-32(38)29-13-7-5-11-27(29)28-12-6-8-14-30(28)33(39)35(22-20-31(36)37)21-19-24-9-3-2-4-10-24/h2-18H,19-23H2,1H3,(H,34,38)(H,36,37). The molecular formula is C33H32N2O5. The first kappa shape index (κ1) is 28.1. The third-order valence-corrected chi connectivity index (χ3v) is 6.63. The van der Waals surface area contributed by atoms with Crippen LogP contribution in [0, 0.1) is 0 Å². The van der Waals surface area contributed by atoms with E-state index in [1.54, 1.807) is 36.3 Å². The zero-order valence-corrected chi connectivity index (χ0v) is 22.4. The Bertz CT molecular complexity index is 1450. The van der Waals surface area contributed by atoms with E-state index in [4.69, 9.17) is 4.74 Å². The van der Waals surface area contributed by atoms with Gasteiger partial charge in [0.2, 0.25) is 0 Å². The van der Waals surface area contributed by atoms with Gasteiger partial charge >= 0.3 is 5.97 Å². The fourth-order valence-electron chi connectivity index (χ4n) is 4.47. The molecule has 204 valence electrons. The molecule has 0 atom stereocenters. The summed E-state index contributed by atoms with van der Waals surface area (Å²) in [4.78, 5) is 40.1. The Morgan fingerprint density at radius 3 is 1.98 bits per heavy atom. The van der Waals surface area contributed by atoms with Crippen LogP contribution in [-0.2, 0) is 17.8 Å². The summed E-state index contributed by atoms with van der Waals surface area (Å²) in [5.74, 6) is -0.769. The van der Waals surface area contributed by atoms with E-state index in [-0.39, 0.29) is 24.8 Å². The summed E-state index contributed by atoms with van der Waals surface area (Å²) in [6.07, 6.45) is 0.436. The monoisotopic (exact) mass is 536 g/mol. The molecule has 0 spiro atoms. The lowest BCUT2D eigenvalue weighted by molar-refractivity contribution is -0.137. The molecule has 0 aliphatic carbocycles. The zero-order valence-electron chi connectivity index (χ0n) is 22.4. The van der Waals surface area contributed by atoms with Gasteiger partial charge in [0.05, 0.1) is 13.5 Å². The van der Waals surface area contributed by atoms with Gasteiger partial charge in [-0.15, -0.1) is 0 Å². The molecule has 0 fully saturated rings. The number of aliphatic carboxylic acids is 1. The molecule has 4 aromatic carbocycles. The third-order valence-electron chi connectivity index (χ3n) is 6.63. The Hall–Kier alpha value is -4.91. The summed E-state index contributed by atoms with van der Waals surface area (Å²) >= 11 is 0. The Morgan fingerprint density at radius 2 is 1.32 bits per heavy atom. The van der Waals surface area contributed by atoms with Crippen molar-refractivity contribution in [1.29, 1.82) is 0 Å². The number of rotatable bonds is 12. The smallest absolute Gasteiger partial charge is 0.305 e. The molecule has 2 N–H and O–H groups in total. The first-order valence-corrected chi connectivity index (χ1v) is 13.1. The van der Waals surface area contributed by atoms with Gasteiger partial charge in [0.15, 0.2) is 0 Å². The van der Waals surface area contributed by atoms with Crippen molar-refractivity contribution in [3.63, 3.8) is 0 Å². The average Bonchev–Trinajstić information content (AvgIpc) is 3.00. The molecule has 4 rings (SSSR count). The maximum atomic E-state index is 13.8. The van der Waals surface area contributed by atoms with Crippen molar-refractivity contribution in [3.05, 3.63) is 125 Å². The minimum atomic E-state index is -0.968. The van der Waals surface area contributed by atoms with E-state index in [2.05, 4.69) is 5.32 Å². The number of carbonyl (C=O) groups is 3. The lowest BCUT2D eigenvalue weighted by Gasteiger charge is -2.24. The van der Waals surface area contributed by atoms with Crippen molar-refractivity contribution in [2.45, 2.75) is 19.4 Å². The number of ether oxygens (including phenoxy) is 1. The number of nitrogens with one attached hydrogen (secondary N) is 1. The van der Waals surface area contributed by atoms with Gasteiger partial charge in [-0.2, -0.15) is 0 Å². The lowest BCUT2D eigenvalue weighted by Crippen LogP contribution is -2.35. The molecule has 0 aromatic heterocycles. The van der Waals surface area contributed by atoms with Crippen molar-refractivity contribution < 1.29 is 24.2 Å². The third kappa shape index (κ3) is 7.35. The maximum absolute atomic E-state index is 13.8. The molecule has 0 saturated carbocycles. The quantitative estimate of drug-likeness (QED) is 0.251. The van der Waals surface area contributed by atoms with Crippen LogP contribution in [0.1, 0.15) is 38.3 Å². The minimum Gasteiger partial charge on any atom is -0.497 e. The molecule has 0 aliphatic heterocycles. The molecule has 40 heavy (non-hydrogen) atoms. The van der Waals surface area contributed by atoms with Crippen LogP contribution in [0.15, 0.2) is 103 Å². The molecule has 0 unspecified atom stereocenters. The Morgan fingerprint density at radius 1 is 0.725 bits per heavy atom. The maximum Gasteiger partial charge on any atom is 0.305 e. The predicted octanol–water partition coefficient (Wildman–Crippen LogP) is 5.45. The van der Waals surface area contributed by atoms with E-state index in [0.717, 1.165) is 16.9 Å². The average molecular weight is 537 g/mol. The normalized spacial score (nSPS) is 10.5. The molecule has 2 amide bonds. The number of nitrogens with zero attached hydrogens (tertiary/aromatic N) is 1. The van der Waals surface area contributed by atoms with Crippen LogP contribution < -0.4 is 10.1 Å². The second kappa shape index (κ2) is 13.8. The van der Waals surface area contributed by atoms with Gasteiger partial charge < -0.3 is 20.1 Å². The summed E-state index contributed by atoms with van der Waals surface area (Å²) in [6.45, 7) is 0.786. The topological polar surface area (TPSA) is 95.9 Å². The summed E-state index contributed by atoms with van der Waals surface area (Å²) in [5, 5.41) is 12.3. The van der Waals surface area contributed by atoms with E-state index >= 15 is 0 Å². The number of benzene rings is 4. The van der Waals surface area contributed by atoms with Crippen LogP contribution in [0.25, 0.3) is 11.1 Å². The van der Waals surface area contributed by atoms with Crippen LogP contribution in [0.5, 0.6) is 5.75 Å². The van der Waals surface area contributed by atoms with E-state index in [9.17, 15) is 19.5 Å². The lowest BCUT2D eigenvalue weighted by atomic mass is 9.94. The summed E-state index contributed by atoms with van der Waals surface area (Å²) in [5.41, 5.74) is 4.08. The van der Waals surface area contributed by atoms with Gasteiger partial charge in [0, 0.05) is 30.8 Å². The van der Waals surface area contributed by atoms with E-state index < -0.39 is 5.97 Å². The van der Waals surface area contributed by atoms with E-state index in [1.165, 1.54) is 0 Å². The summed E-state index contributed by atoms with van der Waals surface area (Å²) < 4.78 is 5.19. The van der Waals surface area contributed by atoms with Gasteiger partial charge in [-0.25, -0.2) is 0 Å². The fourth-order valence-corrected chi connectivity index (χ4v) is 4.47. The second-order valence-corrected chi connectivity index (χ2v) is 9.29. The summed E-state index contributed by atoms with van der Waals surface area (Å²) in [6, 6.07) is 31.5. The first-order chi connectivity index (χ1) is 19.5. The molecule has 0 heterocycles. The highest BCUT2D eigenvalue weighted by molar-refractivity contribution is 6.06. The van der Waals surface area contributed by atoms with Crippen LogP contribution in [0.2, 0.25) is 0 Å². The molecule has 7 heteroatoms. The number of hydrogen-bond donors (Lipinski definition) is 2. The highest BCUT2D eigenvalue weighted by Crippen LogP contribution is 2.28. The highest BCUT2D eigenvalue weighted by Gasteiger charge is 2.22. The number of amides is 2. The molecule has 0 bridgehead atoms. The van der Waals surface area contributed by atoms with Crippen molar-refractivity contribution in [3.8, 4) is 16.9 Å². The van der Waals surface area contributed by atoms with Gasteiger partial charge in [-0.05, 0) is 52.9 Å². The van der Waals surface area contributed by atoms with Crippen LogP contribution in [0.3, 0.4) is 0 Å². The van der Waals surface area contributed by atoms with Crippen LogP contribution in [-0.4, -0.2) is 48.0 Å². The van der Waals surface area contributed by atoms with Crippen molar-refractivity contribution in [1.82, 2.24) is 10.2 Å². The molecule has 0 saturated heterocycles. The molecule has 7 nitrogen and oxygen atoms in total. The molecule has 0 radical (unpaired) electrons. The molecule has 0 aliphatic rings. The Kier molecular flexibility index (Phi) is 9.67. The van der Waals surface area contributed by atoms with E-state index in [1.807, 2.05) is 78.9 Å². The van der Waals surface area contributed by atoms with Crippen molar-refractivity contribution >= 4 is 17.8 Å². The number of methoxy groups -OCH3 is 1. The van der Waals surface area contributed by atoms with Gasteiger partial charge in [0.25, 0.3) is 11.8 Å². The Balaban J connectivity index is 1.58. The van der Waals surface area contributed by atoms with Crippen molar-refractivity contribution in [2.24, 2.45) is 0 Å². The summed E-state index contributed by atoms with van der Waals surface area (Å²) in [7, 11) is 1.60. The molecular weight excluding hydrogens is 504 g/mol.